The summed E-state index contributed by atoms with van der Waals surface area (Å²) in [5.74, 6) is 0. The monoisotopic (exact) mass is 204 g/mol. The van der Waals surface area contributed by atoms with Crippen LogP contribution in [0.4, 0.5) is 4.79 Å². The standard InChI is InChI=1S/C8H16N2O2S/c1-8(2,3)12-7(11)10-5-6(9)13-4/h9H,5H2,1-4H3,(H,10,11). The maximum Gasteiger partial charge on any atom is 0.407 e. The van der Waals surface area contributed by atoms with E-state index in [-0.39, 0.29) is 6.54 Å². The van der Waals surface area contributed by atoms with Crippen LogP contribution in [0.2, 0.25) is 0 Å². The highest BCUT2D eigenvalue weighted by molar-refractivity contribution is 8.13. The molecule has 0 spiro atoms. The smallest absolute Gasteiger partial charge is 0.407 e. The Kier molecular flexibility index (Phi) is 4.83. The highest BCUT2D eigenvalue weighted by atomic mass is 32.2. The molecule has 1 amide bonds. The minimum Gasteiger partial charge on any atom is -0.444 e. The normalized spacial score (nSPS) is 10.8. The molecular formula is C8H16N2O2S. The summed E-state index contributed by atoms with van der Waals surface area (Å²) in [5.41, 5.74) is -0.481. The van der Waals surface area contributed by atoms with Gasteiger partial charge in [0.2, 0.25) is 0 Å². The number of ether oxygens (including phenoxy) is 1. The predicted molar refractivity (Wildman–Crippen MR) is 55.5 cm³/mol. The molecule has 0 aromatic heterocycles. The summed E-state index contributed by atoms with van der Waals surface area (Å²) >= 11 is 1.30. The summed E-state index contributed by atoms with van der Waals surface area (Å²) in [6.45, 7) is 5.63. The maximum atomic E-state index is 11.0. The molecule has 0 fully saturated rings. The first kappa shape index (κ1) is 12.3. The fraction of sp³-hybridized carbons (Fsp3) is 0.750. The van der Waals surface area contributed by atoms with E-state index in [1.54, 1.807) is 27.0 Å². The van der Waals surface area contributed by atoms with Gasteiger partial charge in [-0.15, -0.1) is 11.8 Å². The van der Waals surface area contributed by atoms with Crippen LogP contribution in [0.25, 0.3) is 0 Å². The van der Waals surface area contributed by atoms with Crippen LogP contribution in [0, 0.1) is 5.41 Å². The third kappa shape index (κ3) is 7.64. The third-order valence-corrected chi connectivity index (χ3v) is 1.68. The van der Waals surface area contributed by atoms with Crippen molar-refractivity contribution < 1.29 is 9.53 Å². The Morgan fingerprint density at radius 3 is 2.46 bits per heavy atom. The minimum atomic E-state index is -0.481. The molecule has 13 heavy (non-hydrogen) atoms. The van der Waals surface area contributed by atoms with Crippen LogP contribution in [0.3, 0.4) is 0 Å². The van der Waals surface area contributed by atoms with Crippen LogP contribution in [-0.2, 0) is 4.74 Å². The number of carbonyl (C=O) groups excluding carboxylic acids is 1. The topological polar surface area (TPSA) is 62.2 Å². The fourth-order valence-corrected chi connectivity index (χ4v) is 0.755. The van der Waals surface area contributed by atoms with Gasteiger partial charge in [-0.05, 0) is 27.0 Å². The van der Waals surface area contributed by atoms with Crippen LogP contribution in [0.1, 0.15) is 20.8 Å². The van der Waals surface area contributed by atoms with Crippen molar-refractivity contribution in [3.05, 3.63) is 0 Å². The van der Waals surface area contributed by atoms with Crippen molar-refractivity contribution in [2.45, 2.75) is 26.4 Å². The number of thioether (sulfide) groups is 1. The van der Waals surface area contributed by atoms with Crippen molar-refractivity contribution in [2.75, 3.05) is 12.8 Å². The molecule has 0 bridgehead atoms. The molecule has 0 radical (unpaired) electrons. The van der Waals surface area contributed by atoms with Crippen LogP contribution in [0.5, 0.6) is 0 Å². The summed E-state index contributed by atoms with van der Waals surface area (Å²) in [7, 11) is 0. The average Bonchev–Trinajstić information content (AvgIpc) is 1.97. The van der Waals surface area contributed by atoms with Gasteiger partial charge in [-0.25, -0.2) is 4.79 Å². The Hall–Kier alpha value is -0.710. The molecule has 0 aliphatic heterocycles. The van der Waals surface area contributed by atoms with E-state index in [1.807, 2.05) is 0 Å². The summed E-state index contributed by atoms with van der Waals surface area (Å²) in [4.78, 5) is 11.0. The first-order valence-electron chi connectivity index (χ1n) is 3.93. The van der Waals surface area contributed by atoms with Crippen LogP contribution < -0.4 is 5.32 Å². The second-order valence-corrected chi connectivity index (χ2v) is 4.38. The van der Waals surface area contributed by atoms with Gasteiger partial charge >= 0.3 is 6.09 Å². The van der Waals surface area contributed by atoms with Gasteiger partial charge in [-0.1, -0.05) is 0 Å². The molecule has 0 aromatic rings. The molecule has 5 heteroatoms. The van der Waals surface area contributed by atoms with E-state index < -0.39 is 11.7 Å². The molecule has 76 valence electrons. The van der Waals surface area contributed by atoms with Crippen LogP contribution >= 0.6 is 11.8 Å². The largest absolute Gasteiger partial charge is 0.444 e. The van der Waals surface area contributed by atoms with E-state index in [0.29, 0.717) is 5.04 Å². The van der Waals surface area contributed by atoms with E-state index >= 15 is 0 Å². The van der Waals surface area contributed by atoms with Gasteiger partial charge in [0.25, 0.3) is 0 Å². The van der Waals surface area contributed by atoms with Gasteiger partial charge in [0, 0.05) is 0 Å². The molecule has 0 aliphatic rings. The Balaban J connectivity index is 3.71. The second-order valence-electron chi connectivity index (χ2n) is 3.48. The summed E-state index contributed by atoms with van der Waals surface area (Å²) in [6.07, 6.45) is 1.31. The molecular weight excluding hydrogens is 188 g/mol. The molecule has 4 nitrogen and oxygen atoms in total. The Morgan fingerprint density at radius 1 is 1.54 bits per heavy atom. The highest BCUT2D eigenvalue weighted by Gasteiger charge is 2.15. The first-order chi connectivity index (χ1) is 5.85. The van der Waals surface area contributed by atoms with Crippen molar-refractivity contribution >= 4 is 22.9 Å². The molecule has 0 saturated heterocycles. The molecule has 0 heterocycles. The van der Waals surface area contributed by atoms with Crippen molar-refractivity contribution in [1.29, 1.82) is 5.41 Å². The number of nitrogens with one attached hydrogen (secondary N) is 2. The molecule has 2 N–H and O–H groups in total. The Morgan fingerprint density at radius 2 is 2.08 bits per heavy atom. The van der Waals surface area contributed by atoms with Crippen molar-refractivity contribution in [3.8, 4) is 0 Å². The highest BCUT2D eigenvalue weighted by Crippen LogP contribution is 2.06. The number of alkyl carbamates (subject to hydrolysis) is 1. The predicted octanol–water partition coefficient (Wildman–Crippen LogP) is 1.85. The Labute approximate surface area is 82.9 Å². The number of hydrogen-bond donors (Lipinski definition) is 2. The Bertz CT molecular complexity index is 199. The number of rotatable bonds is 2. The van der Waals surface area contributed by atoms with Crippen molar-refractivity contribution in [3.63, 3.8) is 0 Å². The lowest BCUT2D eigenvalue weighted by atomic mass is 10.2. The summed E-state index contributed by atoms with van der Waals surface area (Å²) < 4.78 is 4.98. The van der Waals surface area contributed by atoms with Gasteiger partial charge in [-0.2, -0.15) is 0 Å². The molecule has 0 aliphatic carbocycles. The van der Waals surface area contributed by atoms with Gasteiger partial charge in [0.1, 0.15) is 5.60 Å². The maximum absolute atomic E-state index is 11.0. The van der Waals surface area contributed by atoms with E-state index in [9.17, 15) is 4.79 Å². The van der Waals surface area contributed by atoms with E-state index in [2.05, 4.69) is 5.32 Å². The zero-order valence-electron chi connectivity index (χ0n) is 8.43. The third-order valence-electron chi connectivity index (χ3n) is 1.04. The van der Waals surface area contributed by atoms with Crippen LogP contribution in [0.15, 0.2) is 0 Å². The SMILES string of the molecule is CSC(=N)CNC(=O)OC(C)(C)C. The van der Waals surface area contributed by atoms with Gasteiger partial charge in [0.15, 0.2) is 0 Å². The lowest BCUT2D eigenvalue weighted by Gasteiger charge is -2.19. The molecule has 0 aromatic carbocycles. The summed E-state index contributed by atoms with van der Waals surface area (Å²) in [5, 5.41) is 10.1. The van der Waals surface area contributed by atoms with Crippen molar-refractivity contribution in [1.82, 2.24) is 5.32 Å². The zero-order chi connectivity index (χ0) is 10.5. The summed E-state index contributed by atoms with van der Waals surface area (Å²) in [6, 6.07) is 0. The quantitative estimate of drug-likeness (QED) is 0.533. The molecule has 0 saturated carbocycles. The lowest BCUT2D eigenvalue weighted by molar-refractivity contribution is 0.0536. The van der Waals surface area contributed by atoms with Crippen molar-refractivity contribution in [2.24, 2.45) is 0 Å². The molecule has 0 atom stereocenters. The average molecular weight is 204 g/mol. The van der Waals surface area contributed by atoms with Gasteiger partial charge in [-0.3, -0.25) is 5.41 Å². The number of carbonyl (C=O) groups is 1. The zero-order valence-corrected chi connectivity index (χ0v) is 9.25. The first-order valence-corrected chi connectivity index (χ1v) is 5.16. The number of amides is 1. The molecule has 0 unspecified atom stereocenters. The van der Waals surface area contributed by atoms with Gasteiger partial charge < -0.3 is 10.1 Å². The second kappa shape index (κ2) is 5.11. The fourth-order valence-electron chi connectivity index (χ4n) is 0.539. The lowest BCUT2D eigenvalue weighted by Crippen LogP contribution is -2.34. The van der Waals surface area contributed by atoms with E-state index in [4.69, 9.17) is 10.1 Å². The minimum absolute atomic E-state index is 0.232. The number of hydrogen-bond acceptors (Lipinski definition) is 4. The molecule has 0 rings (SSSR count). The van der Waals surface area contributed by atoms with Gasteiger partial charge in [0.05, 0.1) is 11.6 Å². The van der Waals surface area contributed by atoms with E-state index in [0.717, 1.165) is 0 Å². The van der Waals surface area contributed by atoms with E-state index in [1.165, 1.54) is 11.8 Å². The van der Waals surface area contributed by atoms with Crippen LogP contribution in [-0.4, -0.2) is 29.5 Å².